The topological polar surface area (TPSA) is 108 Å². The Morgan fingerprint density at radius 2 is 2.20 bits per heavy atom. The lowest BCUT2D eigenvalue weighted by atomic mass is 10.2. The van der Waals surface area contributed by atoms with Gasteiger partial charge in [0.15, 0.2) is 0 Å². The molecule has 1 aromatic rings. The molecule has 1 saturated heterocycles. The van der Waals surface area contributed by atoms with Crippen LogP contribution >= 0.6 is 0 Å². The van der Waals surface area contributed by atoms with Crippen LogP contribution in [0.25, 0.3) is 0 Å². The molecule has 0 spiro atoms. The summed E-state index contributed by atoms with van der Waals surface area (Å²) in [5.41, 5.74) is 0.439. The van der Waals surface area contributed by atoms with Gasteiger partial charge in [-0.05, 0) is 26.7 Å². The van der Waals surface area contributed by atoms with E-state index in [-0.39, 0.29) is 28.8 Å². The summed E-state index contributed by atoms with van der Waals surface area (Å²) >= 11 is 0. The number of carboxylic acid groups (broad SMARTS) is 1. The molecule has 0 saturated carbocycles. The summed E-state index contributed by atoms with van der Waals surface area (Å²) in [7, 11) is -3.75. The molecule has 0 aromatic carbocycles. The largest absolute Gasteiger partial charge is 0.477 e. The fraction of sp³-hybridized carbons (Fsp3) is 0.583. The minimum Gasteiger partial charge on any atom is -0.477 e. The summed E-state index contributed by atoms with van der Waals surface area (Å²) in [5, 5.41) is 9.01. The number of ether oxygens (including phenoxy) is 1. The van der Waals surface area contributed by atoms with Gasteiger partial charge in [-0.1, -0.05) is 0 Å². The average Bonchev–Trinajstić information content (AvgIpc) is 2.95. The highest BCUT2D eigenvalue weighted by Gasteiger charge is 2.27. The Morgan fingerprint density at radius 1 is 1.50 bits per heavy atom. The summed E-state index contributed by atoms with van der Waals surface area (Å²) in [6.07, 6.45) is 1.65. The molecule has 8 heteroatoms. The van der Waals surface area contributed by atoms with Crippen molar-refractivity contribution in [1.82, 2.24) is 9.71 Å². The third kappa shape index (κ3) is 2.87. The Kier molecular flexibility index (Phi) is 4.17. The van der Waals surface area contributed by atoms with E-state index >= 15 is 0 Å². The lowest BCUT2D eigenvalue weighted by Gasteiger charge is -2.11. The van der Waals surface area contributed by atoms with Crippen molar-refractivity contribution in [3.8, 4) is 0 Å². The first kappa shape index (κ1) is 15.0. The van der Waals surface area contributed by atoms with Gasteiger partial charge in [0.1, 0.15) is 10.6 Å². The van der Waals surface area contributed by atoms with Gasteiger partial charge < -0.3 is 14.8 Å². The Bertz CT molecular complexity index is 614. The highest BCUT2D eigenvalue weighted by molar-refractivity contribution is 7.89. The van der Waals surface area contributed by atoms with Gasteiger partial charge in [0.2, 0.25) is 10.0 Å². The SMILES string of the molecule is Cc1[nH]c(C(=O)O)c(C)c1S(=O)(=O)NCC1CCCO1. The van der Waals surface area contributed by atoms with Crippen LogP contribution in [0, 0.1) is 13.8 Å². The van der Waals surface area contributed by atoms with Gasteiger partial charge in [-0.15, -0.1) is 0 Å². The van der Waals surface area contributed by atoms with E-state index in [0.29, 0.717) is 12.3 Å². The summed E-state index contributed by atoms with van der Waals surface area (Å²) in [5.74, 6) is -1.17. The molecule has 1 aliphatic heterocycles. The molecule has 1 fully saturated rings. The highest BCUT2D eigenvalue weighted by atomic mass is 32.2. The quantitative estimate of drug-likeness (QED) is 0.745. The number of hydrogen-bond donors (Lipinski definition) is 3. The maximum atomic E-state index is 12.3. The first-order valence-corrected chi connectivity index (χ1v) is 7.85. The highest BCUT2D eigenvalue weighted by Crippen LogP contribution is 2.23. The van der Waals surface area contributed by atoms with E-state index in [0.717, 1.165) is 12.8 Å². The van der Waals surface area contributed by atoms with E-state index in [1.165, 1.54) is 6.92 Å². The van der Waals surface area contributed by atoms with Crippen LogP contribution in [0.1, 0.15) is 34.6 Å². The van der Waals surface area contributed by atoms with Crippen molar-refractivity contribution in [3.05, 3.63) is 17.0 Å². The van der Waals surface area contributed by atoms with Crippen molar-refractivity contribution in [3.63, 3.8) is 0 Å². The van der Waals surface area contributed by atoms with Crippen molar-refractivity contribution in [2.75, 3.05) is 13.2 Å². The lowest BCUT2D eigenvalue weighted by molar-refractivity contribution is 0.0690. The molecule has 20 heavy (non-hydrogen) atoms. The summed E-state index contributed by atoms with van der Waals surface area (Å²) < 4.78 is 32.4. The second-order valence-corrected chi connectivity index (χ2v) is 6.58. The van der Waals surface area contributed by atoms with E-state index in [1.807, 2.05) is 0 Å². The molecule has 0 amide bonds. The van der Waals surface area contributed by atoms with Crippen LogP contribution in [0.15, 0.2) is 4.90 Å². The maximum absolute atomic E-state index is 12.3. The fourth-order valence-corrected chi connectivity index (χ4v) is 3.94. The standard InChI is InChI=1S/C12H18N2O5S/c1-7-10(12(15)16)14-8(2)11(7)20(17,18)13-6-9-4-3-5-19-9/h9,13-14H,3-6H2,1-2H3,(H,15,16). The molecule has 2 heterocycles. The first-order valence-electron chi connectivity index (χ1n) is 6.36. The van der Waals surface area contributed by atoms with Crippen LogP contribution in [0.5, 0.6) is 0 Å². The molecule has 0 aliphatic carbocycles. The predicted molar refractivity (Wildman–Crippen MR) is 71.4 cm³/mol. The summed E-state index contributed by atoms with van der Waals surface area (Å²) in [6.45, 7) is 3.88. The van der Waals surface area contributed by atoms with Crippen molar-refractivity contribution in [2.45, 2.75) is 37.7 Å². The molecule has 1 unspecified atom stereocenters. The molecule has 3 N–H and O–H groups in total. The van der Waals surface area contributed by atoms with Crippen LogP contribution in [0.3, 0.4) is 0 Å². The second-order valence-electron chi connectivity index (χ2n) is 4.87. The van der Waals surface area contributed by atoms with Gasteiger partial charge in [0.25, 0.3) is 0 Å². The second kappa shape index (κ2) is 5.55. The monoisotopic (exact) mass is 302 g/mol. The Balaban J connectivity index is 2.22. The summed E-state index contributed by atoms with van der Waals surface area (Å²) in [6, 6.07) is 0. The molecule has 0 radical (unpaired) electrons. The van der Waals surface area contributed by atoms with Crippen molar-refractivity contribution >= 4 is 16.0 Å². The normalized spacial score (nSPS) is 19.4. The van der Waals surface area contributed by atoms with Crippen molar-refractivity contribution in [2.24, 2.45) is 0 Å². The minimum absolute atomic E-state index is 0.00731. The molecule has 1 atom stereocenters. The van der Waals surface area contributed by atoms with Gasteiger partial charge in [-0.25, -0.2) is 17.9 Å². The summed E-state index contributed by atoms with van der Waals surface area (Å²) in [4.78, 5) is 13.6. The number of aromatic nitrogens is 1. The number of carboxylic acids is 1. The number of aryl methyl sites for hydroxylation is 1. The van der Waals surface area contributed by atoms with Gasteiger partial charge >= 0.3 is 5.97 Å². The number of nitrogens with one attached hydrogen (secondary N) is 2. The molecule has 2 rings (SSSR count). The lowest BCUT2D eigenvalue weighted by Crippen LogP contribution is -2.32. The van der Waals surface area contributed by atoms with Gasteiger partial charge in [0.05, 0.1) is 6.10 Å². The van der Waals surface area contributed by atoms with E-state index < -0.39 is 16.0 Å². The van der Waals surface area contributed by atoms with Crippen molar-refractivity contribution < 1.29 is 23.1 Å². The number of aromatic carboxylic acids is 1. The molecule has 112 valence electrons. The first-order chi connectivity index (χ1) is 9.33. The number of rotatable bonds is 5. The molecule has 7 nitrogen and oxygen atoms in total. The third-order valence-electron chi connectivity index (χ3n) is 3.38. The van der Waals surface area contributed by atoms with E-state index in [1.54, 1.807) is 6.92 Å². The zero-order valence-corrected chi connectivity index (χ0v) is 12.2. The van der Waals surface area contributed by atoms with Crippen LogP contribution in [0.4, 0.5) is 0 Å². The van der Waals surface area contributed by atoms with Gasteiger partial charge in [-0.2, -0.15) is 0 Å². The molecular formula is C12H18N2O5S. The zero-order valence-electron chi connectivity index (χ0n) is 11.4. The molecular weight excluding hydrogens is 284 g/mol. The molecule has 1 aliphatic rings. The van der Waals surface area contributed by atoms with E-state index in [9.17, 15) is 13.2 Å². The molecule has 0 bridgehead atoms. The van der Waals surface area contributed by atoms with Crippen LogP contribution in [-0.2, 0) is 14.8 Å². The van der Waals surface area contributed by atoms with Gasteiger partial charge in [-0.3, -0.25) is 0 Å². The van der Waals surface area contributed by atoms with E-state index in [2.05, 4.69) is 9.71 Å². The van der Waals surface area contributed by atoms with Crippen LogP contribution in [-0.4, -0.2) is 43.7 Å². The number of hydrogen-bond acceptors (Lipinski definition) is 4. The van der Waals surface area contributed by atoms with E-state index in [4.69, 9.17) is 9.84 Å². The number of aromatic amines is 1. The van der Waals surface area contributed by atoms with Crippen LogP contribution < -0.4 is 4.72 Å². The number of carbonyl (C=O) groups is 1. The smallest absolute Gasteiger partial charge is 0.352 e. The zero-order chi connectivity index (χ0) is 14.9. The minimum atomic E-state index is -3.75. The van der Waals surface area contributed by atoms with Crippen molar-refractivity contribution in [1.29, 1.82) is 0 Å². The maximum Gasteiger partial charge on any atom is 0.352 e. The number of sulfonamides is 1. The average molecular weight is 302 g/mol. The Labute approximate surface area is 117 Å². The fourth-order valence-electron chi connectivity index (χ4n) is 2.43. The molecule has 1 aromatic heterocycles. The third-order valence-corrected chi connectivity index (χ3v) is 5.07. The van der Waals surface area contributed by atoms with Crippen LogP contribution in [0.2, 0.25) is 0 Å². The Hall–Kier alpha value is -1.38. The van der Waals surface area contributed by atoms with Gasteiger partial charge in [0, 0.05) is 24.4 Å². The predicted octanol–water partition coefficient (Wildman–Crippen LogP) is 0.787. The Morgan fingerprint density at radius 3 is 2.70 bits per heavy atom. The number of H-pyrrole nitrogens is 1.